The Morgan fingerprint density at radius 2 is 2.14 bits per heavy atom. The number of rotatable bonds is 4. The van der Waals surface area contributed by atoms with Crippen LogP contribution in [0.5, 0.6) is 0 Å². The highest BCUT2D eigenvalue weighted by Crippen LogP contribution is 2.19. The van der Waals surface area contributed by atoms with E-state index in [4.69, 9.17) is 5.73 Å². The van der Waals surface area contributed by atoms with Gasteiger partial charge in [0, 0.05) is 12.2 Å². The molecule has 2 aromatic rings. The van der Waals surface area contributed by atoms with Crippen molar-refractivity contribution in [1.29, 1.82) is 0 Å². The van der Waals surface area contributed by atoms with Crippen LogP contribution in [0.4, 0.5) is 5.69 Å². The number of H-pyrrole nitrogens is 1. The molecule has 0 amide bonds. The zero-order chi connectivity index (χ0) is 14.8. The van der Waals surface area contributed by atoms with Crippen LogP contribution in [0, 0.1) is 5.92 Å². The number of benzene rings is 1. The average molecular weight is 287 g/mol. The topological polar surface area (TPSA) is 61.2 Å². The van der Waals surface area contributed by atoms with Crippen molar-refractivity contribution in [3.8, 4) is 0 Å². The number of likely N-dealkylation sites (tertiary alicyclic amines) is 1. The first kappa shape index (κ1) is 14.4. The number of hydrogen-bond acceptors (Lipinski definition) is 4. The van der Waals surface area contributed by atoms with E-state index < -0.39 is 0 Å². The lowest BCUT2D eigenvalue weighted by Crippen LogP contribution is -2.35. The van der Waals surface area contributed by atoms with Gasteiger partial charge in [-0.1, -0.05) is 0 Å². The van der Waals surface area contributed by atoms with Gasteiger partial charge in [0.25, 0.3) is 0 Å². The fraction of sp³-hybridized carbons (Fsp3) is 0.562. The zero-order valence-corrected chi connectivity index (χ0v) is 13.0. The number of fused-ring (bicyclic) bond motifs is 1. The van der Waals surface area contributed by atoms with Gasteiger partial charge in [0.05, 0.1) is 17.6 Å². The van der Waals surface area contributed by atoms with Crippen LogP contribution in [-0.2, 0) is 6.54 Å². The van der Waals surface area contributed by atoms with Gasteiger partial charge in [-0.2, -0.15) is 0 Å². The molecule has 1 fully saturated rings. The Labute approximate surface area is 126 Å². The van der Waals surface area contributed by atoms with Crippen LogP contribution in [0.3, 0.4) is 0 Å². The number of nitrogens with zero attached hydrogens (tertiary/aromatic N) is 3. The van der Waals surface area contributed by atoms with E-state index in [1.807, 2.05) is 18.2 Å². The van der Waals surface area contributed by atoms with Crippen molar-refractivity contribution in [2.45, 2.75) is 19.4 Å². The largest absolute Gasteiger partial charge is 0.399 e. The summed E-state index contributed by atoms with van der Waals surface area (Å²) >= 11 is 0. The Morgan fingerprint density at radius 3 is 2.90 bits per heavy atom. The Hall–Kier alpha value is -1.59. The van der Waals surface area contributed by atoms with Crippen molar-refractivity contribution in [2.75, 3.05) is 39.5 Å². The molecule has 114 valence electrons. The number of aromatic nitrogens is 2. The fourth-order valence-corrected chi connectivity index (χ4v) is 3.16. The molecule has 0 saturated carbocycles. The molecule has 1 aromatic carbocycles. The normalized spacial score (nSPS) is 17.9. The van der Waals surface area contributed by atoms with Gasteiger partial charge in [-0.3, -0.25) is 4.90 Å². The summed E-state index contributed by atoms with van der Waals surface area (Å²) in [6.07, 6.45) is 2.61. The molecule has 1 aliphatic rings. The number of nitrogens with two attached hydrogens (primary N) is 1. The molecule has 0 atom stereocenters. The summed E-state index contributed by atoms with van der Waals surface area (Å²) in [5.41, 5.74) is 8.60. The molecule has 2 heterocycles. The second kappa shape index (κ2) is 6.03. The molecule has 5 nitrogen and oxygen atoms in total. The number of piperidine rings is 1. The average Bonchev–Trinajstić information content (AvgIpc) is 2.82. The zero-order valence-electron chi connectivity index (χ0n) is 13.0. The van der Waals surface area contributed by atoms with E-state index in [0.29, 0.717) is 0 Å². The summed E-state index contributed by atoms with van der Waals surface area (Å²) in [4.78, 5) is 12.8. The molecule has 5 heteroatoms. The second-order valence-corrected chi connectivity index (χ2v) is 6.40. The maximum Gasteiger partial charge on any atom is 0.121 e. The van der Waals surface area contributed by atoms with Crippen molar-refractivity contribution in [1.82, 2.24) is 19.8 Å². The van der Waals surface area contributed by atoms with Crippen LogP contribution in [0.15, 0.2) is 18.2 Å². The predicted octanol–water partition coefficient (Wildman–Crippen LogP) is 1.92. The summed E-state index contributed by atoms with van der Waals surface area (Å²) < 4.78 is 0. The smallest absolute Gasteiger partial charge is 0.121 e. The first-order valence-corrected chi connectivity index (χ1v) is 7.71. The maximum absolute atomic E-state index is 5.81. The van der Waals surface area contributed by atoms with E-state index in [9.17, 15) is 0 Å². The minimum atomic E-state index is 0.775. The molecule has 0 aliphatic carbocycles. The van der Waals surface area contributed by atoms with Gasteiger partial charge in [0.1, 0.15) is 5.82 Å². The molecule has 0 spiro atoms. The lowest BCUT2D eigenvalue weighted by molar-refractivity contribution is 0.172. The van der Waals surface area contributed by atoms with Gasteiger partial charge in [0.2, 0.25) is 0 Å². The van der Waals surface area contributed by atoms with Crippen LogP contribution >= 0.6 is 0 Å². The number of imidazole rings is 1. The molecule has 1 aliphatic heterocycles. The van der Waals surface area contributed by atoms with Crippen molar-refractivity contribution in [2.24, 2.45) is 5.92 Å². The number of nitrogen functional groups attached to an aromatic ring is 1. The minimum Gasteiger partial charge on any atom is -0.399 e. The third-order valence-electron chi connectivity index (χ3n) is 4.38. The van der Waals surface area contributed by atoms with Gasteiger partial charge in [-0.15, -0.1) is 0 Å². The van der Waals surface area contributed by atoms with Gasteiger partial charge < -0.3 is 15.6 Å². The van der Waals surface area contributed by atoms with Crippen LogP contribution in [-0.4, -0.2) is 53.5 Å². The molecule has 0 radical (unpaired) electrons. The molecule has 1 saturated heterocycles. The predicted molar refractivity (Wildman–Crippen MR) is 87.1 cm³/mol. The fourth-order valence-electron chi connectivity index (χ4n) is 3.16. The number of anilines is 1. The van der Waals surface area contributed by atoms with Gasteiger partial charge >= 0.3 is 0 Å². The lowest BCUT2D eigenvalue weighted by Gasteiger charge is -2.31. The van der Waals surface area contributed by atoms with Gasteiger partial charge in [-0.25, -0.2) is 4.98 Å². The number of aromatic amines is 1. The summed E-state index contributed by atoms with van der Waals surface area (Å²) in [5.74, 6) is 1.83. The van der Waals surface area contributed by atoms with Crippen LogP contribution in [0.1, 0.15) is 18.7 Å². The van der Waals surface area contributed by atoms with E-state index >= 15 is 0 Å². The molecular formula is C16H25N5. The van der Waals surface area contributed by atoms with Crippen LogP contribution < -0.4 is 5.73 Å². The van der Waals surface area contributed by atoms with Crippen LogP contribution in [0.2, 0.25) is 0 Å². The molecule has 21 heavy (non-hydrogen) atoms. The maximum atomic E-state index is 5.81. The highest BCUT2D eigenvalue weighted by atomic mass is 15.1. The molecule has 0 unspecified atom stereocenters. The van der Waals surface area contributed by atoms with E-state index in [0.717, 1.165) is 41.6 Å². The number of hydrogen-bond donors (Lipinski definition) is 2. The highest BCUT2D eigenvalue weighted by Gasteiger charge is 2.18. The molecule has 0 bridgehead atoms. The van der Waals surface area contributed by atoms with E-state index in [1.165, 1.54) is 25.9 Å². The van der Waals surface area contributed by atoms with Crippen LogP contribution in [0.25, 0.3) is 11.0 Å². The third kappa shape index (κ3) is 3.54. The second-order valence-electron chi connectivity index (χ2n) is 6.40. The van der Waals surface area contributed by atoms with Crippen molar-refractivity contribution in [3.63, 3.8) is 0 Å². The Kier molecular flexibility index (Phi) is 4.12. The quantitative estimate of drug-likeness (QED) is 0.843. The van der Waals surface area contributed by atoms with Crippen molar-refractivity contribution < 1.29 is 0 Å². The Balaban J connectivity index is 1.59. The first-order valence-electron chi connectivity index (χ1n) is 7.71. The highest BCUT2D eigenvalue weighted by molar-refractivity contribution is 5.78. The number of nitrogens with one attached hydrogen (secondary N) is 1. The molecule has 1 aromatic heterocycles. The summed E-state index contributed by atoms with van der Waals surface area (Å²) in [5, 5.41) is 0. The molecular weight excluding hydrogens is 262 g/mol. The molecule has 3 rings (SSSR count). The van der Waals surface area contributed by atoms with E-state index in [1.54, 1.807) is 0 Å². The molecule has 3 N–H and O–H groups in total. The summed E-state index contributed by atoms with van der Waals surface area (Å²) in [6, 6.07) is 5.82. The SMILES string of the molecule is CN1CCC(CN(C)Cc2nc3ccc(N)cc3[nH]2)CC1. The monoisotopic (exact) mass is 287 g/mol. The first-order chi connectivity index (χ1) is 10.1. The van der Waals surface area contributed by atoms with E-state index in [-0.39, 0.29) is 0 Å². The van der Waals surface area contributed by atoms with Gasteiger partial charge in [0.15, 0.2) is 0 Å². The Bertz CT molecular complexity index is 598. The summed E-state index contributed by atoms with van der Waals surface area (Å²) in [6.45, 7) is 4.46. The summed E-state index contributed by atoms with van der Waals surface area (Å²) in [7, 11) is 4.39. The van der Waals surface area contributed by atoms with E-state index in [2.05, 4.69) is 33.9 Å². The third-order valence-corrected chi connectivity index (χ3v) is 4.38. The minimum absolute atomic E-state index is 0.775. The van der Waals surface area contributed by atoms with Crippen molar-refractivity contribution >= 4 is 16.7 Å². The standard InChI is InChI=1S/C16H25N5/c1-20-7-5-12(6-8-20)10-21(2)11-16-18-14-4-3-13(17)9-15(14)19-16/h3-4,9,12H,5-8,10-11,17H2,1-2H3,(H,18,19). The lowest BCUT2D eigenvalue weighted by atomic mass is 9.97. The Morgan fingerprint density at radius 1 is 1.38 bits per heavy atom. The van der Waals surface area contributed by atoms with Crippen molar-refractivity contribution in [3.05, 3.63) is 24.0 Å². The van der Waals surface area contributed by atoms with Gasteiger partial charge in [-0.05, 0) is 64.1 Å².